The Balaban J connectivity index is 2.58. The molecule has 1 heterocycles. The number of alkyl halides is 3. The maximum absolute atomic E-state index is 12.7. The molecule has 0 aliphatic rings. The second-order valence-corrected chi connectivity index (χ2v) is 6.80. The molecule has 1 nitrogen and oxygen atoms in total. The van der Waals surface area contributed by atoms with Gasteiger partial charge in [-0.1, -0.05) is 23.2 Å². The first-order chi connectivity index (χ1) is 9.24. The number of halogens is 5. The Morgan fingerprint density at radius 2 is 1.75 bits per heavy atom. The summed E-state index contributed by atoms with van der Waals surface area (Å²) >= 11 is 14.8. The van der Waals surface area contributed by atoms with Crippen molar-refractivity contribution in [1.82, 2.24) is 4.98 Å². The van der Waals surface area contributed by atoms with E-state index in [4.69, 9.17) is 23.2 Å². The fraction of sp³-hybridized carbons (Fsp3) is 0.250. The third kappa shape index (κ3) is 3.08. The summed E-state index contributed by atoms with van der Waals surface area (Å²) in [6.45, 7) is 1.83. The van der Waals surface area contributed by atoms with Crippen molar-refractivity contribution in [2.75, 3.05) is 6.26 Å². The Labute approximate surface area is 132 Å². The summed E-state index contributed by atoms with van der Waals surface area (Å²) in [5.41, 5.74) is 0.286. The number of benzene rings is 1. The van der Waals surface area contributed by atoms with Crippen LogP contribution in [0.5, 0.6) is 0 Å². The quantitative estimate of drug-likeness (QED) is 0.596. The summed E-state index contributed by atoms with van der Waals surface area (Å²) in [4.78, 5) is 4.31. The van der Waals surface area contributed by atoms with Crippen LogP contribution in [0.1, 0.15) is 11.3 Å². The van der Waals surface area contributed by atoms with Crippen molar-refractivity contribution < 1.29 is 13.2 Å². The van der Waals surface area contributed by atoms with Gasteiger partial charge in [0.2, 0.25) is 0 Å². The summed E-state index contributed by atoms with van der Waals surface area (Å²) in [5.74, 6) is 0. The van der Waals surface area contributed by atoms with Gasteiger partial charge in [-0.25, -0.2) is 4.98 Å². The Kier molecular flexibility index (Phi) is 4.59. The molecule has 0 aliphatic heterocycles. The van der Waals surface area contributed by atoms with Crippen molar-refractivity contribution in [2.24, 2.45) is 0 Å². The van der Waals surface area contributed by atoms with E-state index in [9.17, 15) is 13.2 Å². The lowest BCUT2D eigenvalue weighted by Crippen LogP contribution is -2.05. The van der Waals surface area contributed by atoms with Gasteiger partial charge in [0.25, 0.3) is 0 Å². The normalized spacial score (nSPS) is 11.9. The van der Waals surface area contributed by atoms with Crippen LogP contribution in [0, 0.1) is 6.92 Å². The Morgan fingerprint density at radius 3 is 2.15 bits per heavy atom. The second-order valence-electron chi connectivity index (χ2n) is 3.91. The molecule has 0 fully saturated rings. The molecule has 2 rings (SSSR count). The van der Waals surface area contributed by atoms with Crippen LogP contribution in [0.3, 0.4) is 0 Å². The Morgan fingerprint density at radius 1 is 1.20 bits per heavy atom. The molecule has 108 valence electrons. The average molecular weight is 358 g/mol. The molecule has 0 amide bonds. The lowest BCUT2D eigenvalue weighted by Gasteiger charge is -2.10. The van der Waals surface area contributed by atoms with E-state index in [1.54, 1.807) is 0 Å². The minimum absolute atomic E-state index is 0.0498. The van der Waals surface area contributed by atoms with Gasteiger partial charge in [-0.2, -0.15) is 13.2 Å². The number of aromatic nitrogens is 1. The zero-order chi connectivity index (χ0) is 15.1. The van der Waals surface area contributed by atoms with Gasteiger partial charge in [-0.3, -0.25) is 0 Å². The number of thiazole rings is 1. The molecular formula is C12H8Cl2F3NS2. The zero-order valence-corrected chi connectivity index (χ0v) is 13.5. The minimum Gasteiger partial charge on any atom is -0.240 e. The average Bonchev–Trinajstić information content (AvgIpc) is 2.68. The molecule has 2 aromatic rings. The third-order valence-corrected chi connectivity index (χ3v) is 5.50. The van der Waals surface area contributed by atoms with E-state index in [1.807, 2.05) is 13.2 Å². The number of hydrogen-bond acceptors (Lipinski definition) is 3. The monoisotopic (exact) mass is 357 g/mol. The first-order valence-electron chi connectivity index (χ1n) is 5.32. The van der Waals surface area contributed by atoms with Crippen LogP contribution in [0.25, 0.3) is 10.6 Å². The molecule has 20 heavy (non-hydrogen) atoms. The van der Waals surface area contributed by atoms with Crippen LogP contribution < -0.4 is 0 Å². The van der Waals surface area contributed by atoms with Gasteiger partial charge < -0.3 is 0 Å². The number of hydrogen-bond donors (Lipinski definition) is 0. The molecule has 0 saturated carbocycles. The smallest absolute Gasteiger partial charge is 0.240 e. The first kappa shape index (κ1) is 15.9. The lowest BCUT2D eigenvalue weighted by molar-refractivity contribution is -0.137. The van der Waals surface area contributed by atoms with E-state index in [1.165, 1.54) is 23.1 Å². The van der Waals surface area contributed by atoms with E-state index in [0.29, 0.717) is 10.6 Å². The molecule has 1 aromatic heterocycles. The fourth-order valence-electron chi connectivity index (χ4n) is 1.62. The highest BCUT2D eigenvalue weighted by atomic mass is 35.5. The van der Waals surface area contributed by atoms with Crippen molar-refractivity contribution in [3.63, 3.8) is 0 Å². The van der Waals surface area contributed by atoms with Gasteiger partial charge in [0.05, 0.1) is 25.5 Å². The Bertz CT molecular complexity index is 630. The van der Waals surface area contributed by atoms with Crippen molar-refractivity contribution in [3.05, 3.63) is 33.4 Å². The van der Waals surface area contributed by atoms with Crippen molar-refractivity contribution in [3.8, 4) is 10.6 Å². The van der Waals surface area contributed by atoms with Gasteiger partial charge in [-0.15, -0.1) is 23.1 Å². The third-order valence-electron chi connectivity index (χ3n) is 2.52. The number of aryl methyl sites for hydroxylation is 1. The minimum atomic E-state index is -4.48. The van der Waals surface area contributed by atoms with Crippen LogP contribution in [0.2, 0.25) is 10.0 Å². The molecule has 0 atom stereocenters. The molecule has 1 aromatic carbocycles. The fourth-order valence-corrected chi connectivity index (χ4v) is 4.18. The summed E-state index contributed by atoms with van der Waals surface area (Å²) in [6, 6.07) is 1.75. The zero-order valence-electron chi connectivity index (χ0n) is 10.3. The van der Waals surface area contributed by atoms with Gasteiger partial charge in [0.1, 0.15) is 5.01 Å². The van der Waals surface area contributed by atoms with Crippen LogP contribution >= 0.6 is 46.3 Å². The molecule has 8 heteroatoms. The molecule has 0 radical (unpaired) electrons. The predicted octanol–water partition coefficient (Wildman–Crippen LogP) is 6.17. The molecule has 0 unspecified atom stereocenters. The molecule has 0 aliphatic carbocycles. The van der Waals surface area contributed by atoms with Gasteiger partial charge >= 0.3 is 6.18 Å². The van der Waals surface area contributed by atoms with Crippen molar-refractivity contribution in [1.29, 1.82) is 0 Å². The van der Waals surface area contributed by atoms with Crippen LogP contribution in [0.15, 0.2) is 16.3 Å². The molecule has 0 N–H and O–H groups in total. The highest BCUT2D eigenvalue weighted by Gasteiger charge is 2.32. The SMILES string of the molecule is CSc1sc(-c2c(Cl)cc(C(F)(F)F)cc2Cl)nc1C. The molecule has 0 bridgehead atoms. The maximum atomic E-state index is 12.7. The van der Waals surface area contributed by atoms with Gasteiger partial charge in [-0.05, 0) is 25.3 Å². The largest absolute Gasteiger partial charge is 0.416 e. The predicted molar refractivity (Wildman–Crippen MR) is 79.1 cm³/mol. The van der Waals surface area contributed by atoms with Crippen LogP contribution in [-0.4, -0.2) is 11.2 Å². The Hall–Kier alpha value is -0.430. The number of rotatable bonds is 2. The van der Waals surface area contributed by atoms with E-state index < -0.39 is 11.7 Å². The summed E-state index contributed by atoms with van der Waals surface area (Å²) < 4.78 is 39.0. The molecule has 0 saturated heterocycles. The topological polar surface area (TPSA) is 12.9 Å². The number of thioether (sulfide) groups is 1. The van der Waals surface area contributed by atoms with Crippen LogP contribution in [0.4, 0.5) is 13.2 Å². The van der Waals surface area contributed by atoms with E-state index in [-0.39, 0.29) is 10.0 Å². The van der Waals surface area contributed by atoms with Gasteiger partial charge in [0, 0.05) is 5.56 Å². The van der Waals surface area contributed by atoms with Crippen LogP contribution in [-0.2, 0) is 6.18 Å². The maximum Gasteiger partial charge on any atom is 0.416 e. The molecular weight excluding hydrogens is 350 g/mol. The number of nitrogens with zero attached hydrogens (tertiary/aromatic N) is 1. The summed E-state index contributed by atoms with van der Waals surface area (Å²) in [6.07, 6.45) is -2.57. The highest BCUT2D eigenvalue weighted by Crippen LogP contribution is 2.43. The summed E-state index contributed by atoms with van der Waals surface area (Å²) in [5, 5.41) is 0.424. The van der Waals surface area contributed by atoms with Crippen molar-refractivity contribution in [2.45, 2.75) is 17.3 Å². The lowest BCUT2D eigenvalue weighted by atomic mass is 10.1. The van der Waals surface area contributed by atoms with Crippen molar-refractivity contribution >= 4 is 46.3 Å². The standard InChI is InChI=1S/C12H8Cl2F3NS2/c1-5-11(19-2)20-10(18-5)9-7(13)3-6(4-8(9)14)12(15,16)17/h3-4H,1-2H3. The second kappa shape index (κ2) is 5.75. The van der Waals surface area contributed by atoms with E-state index in [0.717, 1.165) is 22.0 Å². The van der Waals surface area contributed by atoms with Gasteiger partial charge in [0.15, 0.2) is 0 Å². The molecule has 0 spiro atoms. The van der Waals surface area contributed by atoms with E-state index >= 15 is 0 Å². The highest BCUT2D eigenvalue weighted by molar-refractivity contribution is 8.00. The first-order valence-corrected chi connectivity index (χ1v) is 8.11. The van der Waals surface area contributed by atoms with E-state index in [2.05, 4.69) is 4.98 Å². The summed E-state index contributed by atoms with van der Waals surface area (Å²) in [7, 11) is 0.